The molecule has 0 radical (unpaired) electrons. The van der Waals surface area contributed by atoms with Gasteiger partial charge in [0, 0.05) is 5.92 Å². The van der Waals surface area contributed by atoms with Crippen LogP contribution in [-0.2, 0) is 0 Å². The Hall–Kier alpha value is -0.0400. The Morgan fingerprint density at radius 2 is 1.89 bits per heavy atom. The zero-order valence-electron chi connectivity index (χ0n) is 6.56. The second-order valence-electron chi connectivity index (χ2n) is 3.53. The predicted molar refractivity (Wildman–Crippen MR) is 38.9 cm³/mol. The highest BCUT2D eigenvalue weighted by molar-refractivity contribution is 4.74. The average Bonchev–Trinajstić information content (AvgIpc) is 1.83. The summed E-state index contributed by atoms with van der Waals surface area (Å²) in [7, 11) is 0. The van der Waals surface area contributed by atoms with Crippen LogP contribution in [0, 0.1) is 11.8 Å². The molecule has 0 amide bonds. The second-order valence-corrected chi connectivity index (χ2v) is 3.53. The molecule has 54 valence electrons. The molecule has 1 heteroatoms. The van der Waals surface area contributed by atoms with Gasteiger partial charge in [-0.05, 0) is 25.2 Å². The SMILES string of the molecule is C[C@@H]1[C@H](C)CCC[C@@H]1[NH3+]. The van der Waals surface area contributed by atoms with Gasteiger partial charge in [0.1, 0.15) is 0 Å². The van der Waals surface area contributed by atoms with Crippen molar-refractivity contribution < 1.29 is 5.73 Å². The van der Waals surface area contributed by atoms with Crippen molar-refractivity contribution in [3.05, 3.63) is 0 Å². The minimum atomic E-state index is 0.730. The molecule has 0 aromatic heterocycles. The van der Waals surface area contributed by atoms with Crippen molar-refractivity contribution in [3.63, 3.8) is 0 Å². The van der Waals surface area contributed by atoms with Crippen LogP contribution >= 0.6 is 0 Å². The predicted octanol–water partition coefficient (Wildman–Crippen LogP) is 1.05. The van der Waals surface area contributed by atoms with E-state index in [-0.39, 0.29) is 0 Å². The van der Waals surface area contributed by atoms with Crippen LogP contribution < -0.4 is 5.73 Å². The van der Waals surface area contributed by atoms with E-state index in [1.165, 1.54) is 19.3 Å². The Morgan fingerprint density at radius 3 is 2.33 bits per heavy atom. The van der Waals surface area contributed by atoms with E-state index in [9.17, 15) is 0 Å². The topological polar surface area (TPSA) is 27.6 Å². The maximum atomic E-state index is 4.13. The van der Waals surface area contributed by atoms with Crippen molar-refractivity contribution in [1.82, 2.24) is 0 Å². The molecule has 1 aliphatic carbocycles. The number of hydrogen-bond acceptors (Lipinski definition) is 0. The van der Waals surface area contributed by atoms with Gasteiger partial charge in [-0.15, -0.1) is 0 Å². The Bertz CT molecular complexity index is 80.6. The maximum Gasteiger partial charge on any atom is 0.0871 e. The summed E-state index contributed by atoms with van der Waals surface area (Å²) >= 11 is 0. The van der Waals surface area contributed by atoms with Crippen molar-refractivity contribution in [2.24, 2.45) is 11.8 Å². The summed E-state index contributed by atoms with van der Waals surface area (Å²) in [6.07, 6.45) is 4.18. The van der Waals surface area contributed by atoms with Crippen molar-refractivity contribution in [1.29, 1.82) is 0 Å². The first-order valence-corrected chi connectivity index (χ1v) is 4.05. The van der Waals surface area contributed by atoms with E-state index >= 15 is 0 Å². The molecule has 1 aliphatic rings. The maximum absolute atomic E-state index is 4.13. The lowest BCUT2D eigenvalue weighted by Crippen LogP contribution is -2.65. The van der Waals surface area contributed by atoms with E-state index in [2.05, 4.69) is 19.6 Å². The van der Waals surface area contributed by atoms with Gasteiger partial charge in [0.2, 0.25) is 0 Å². The van der Waals surface area contributed by atoms with Crippen molar-refractivity contribution in [2.45, 2.75) is 39.2 Å². The monoisotopic (exact) mass is 128 g/mol. The smallest absolute Gasteiger partial charge is 0.0871 e. The van der Waals surface area contributed by atoms with Gasteiger partial charge < -0.3 is 5.73 Å². The van der Waals surface area contributed by atoms with E-state index in [0.717, 1.165) is 17.9 Å². The molecule has 1 saturated carbocycles. The van der Waals surface area contributed by atoms with Gasteiger partial charge in [0.05, 0.1) is 6.04 Å². The van der Waals surface area contributed by atoms with Crippen molar-refractivity contribution in [3.8, 4) is 0 Å². The van der Waals surface area contributed by atoms with Gasteiger partial charge in [-0.25, -0.2) is 0 Å². The van der Waals surface area contributed by atoms with E-state index in [4.69, 9.17) is 0 Å². The first kappa shape index (κ1) is 7.07. The van der Waals surface area contributed by atoms with Crippen LogP contribution in [0.15, 0.2) is 0 Å². The van der Waals surface area contributed by atoms with Crippen LogP contribution in [0.2, 0.25) is 0 Å². The molecule has 0 saturated heterocycles. The lowest BCUT2D eigenvalue weighted by atomic mass is 9.78. The number of quaternary nitrogens is 1. The molecular formula is C8H18N+. The van der Waals surface area contributed by atoms with E-state index < -0.39 is 0 Å². The van der Waals surface area contributed by atoms with Gasteiger partial charge in [-0.2, -0.15) is 0 Å². The minimum Gasteiger partial charge on any atom is -0.355 e. The van der Waals surface area contributed by atoms with E-state index in [1.807, 2.05) is 0 Å². The third kappa shape index (κ3) is 1.45. The Morgan fingerprint density at radius 1 is 1.22 bits per heavy atom. The lowest BCUT2D eigenvalue weighted by molar-refractivity contribution is -0.440. The fraction of sp³-hybridized carbons (Fsp3) is 1.00. The Labute approximate surface area is 57.6 Å². The summed E-state index contributed by atoms with van der Waals surface area (Å²) in [5, 5.41) is 0. The first-order valence-electron chi connectivity index (χ1n) is 4.05. The van der Waals surface area contributed by atoms with Crippen molar-refractivity contribution >= 4 is 0 Å². The molecule has 3 N–H and O–H groups in total. The Balaban J connectivity index is 2.41. The first-order chi connectivity index (χ1) is 4.22. The lowest BCUT2D eigenvalue weighted by Gasteiger charge is -2.28. The van der Waals surface area contributed by atoms with Gasteiger partial charge in [0.15, 0.2) is 0 Å². The highest BCUT2D eigenvalue weighted by atomic mass is 14.7. The molecule has 0 heterocycles. The van der Waals surface area contributed by atoms with Gasteiger partial charge >= 0.3 is 0 Å². The van der Waals surface area contributed by atoms with Crippen LogP contribution in [0.3, 0.4) is 0 Å². The van der Waals surface area contributed by atoms with Gasteiger partial charge in [-0.3, -0.25) is 0 Å². The second kappa shape index (κ2) is 2.70. The highest BCUT2D eigenvalue weighted by Crippen LogP contribution is 2.26. The summed E-state index contributed by atoms with van der Waals surface area (Å²) < 4.78 is 0. The molecule has 0 aromatic rings. The molecule has 1 nitrogen and oxygen atoms in total. The van der Waals surface area contributed by atoms with Crippen LogP contribution in [0.1, 0.15) is 33.1 Å². The third-order valence-corrected chi connectivity index (χ3v) is 2.88. The summed E-state index contributed by atoms with van der Waals surface area (Å²) in [5.41, 5.74) is 4.13. The molecule has 1 rings (SSSR count). The fourth-order valence-electron chi connectivity index (χ4n) is 1.69. The third-order valence-electron chi connectivity index (χ3n) is 2.88. The largest absolute Gasteiger partial charge is 0.355 e. The number of rotatable bonds is 0. The minimum absolute atomic E-state index is 0.730. The number of hydrogen-bond donors (Lipinski definition) is 1. The molecule has 0 bridgehead atoms. The molecule has 1 fully saturated rings. The van der Waals surface area contributed by atoms with Crippen LogP contribution in [0.25, 0.3) is 0 Å². The molecule has 0 spiro atoms. The van der Waals surface area contributed by atoms with Crippen LogP contribution in [0.4, 0.5) is 0 Å². The summed E-state index contributed by atoms with van der Waals surface area (Å²) in [5.74, 6) is 1.78. The molecule has 3 atom stereocenters. The zero-order valence-corrected chi connectivity index (χ0v) is 6.56. The average molecular weight is 128 g/mol. The molecular weight excluding hydrogens is 110 g/mol. The highest BCUT2D eigenvalue weighted by Gasteiger charge is 2.26. The molecule has 0 aromatic carbocycles. The quantitative estimate of drug-likeness (QED) is 0.505. The Kier molecular flexibility index (Phi) is 2.12. The molecule has 0 aliphatic heterocycles. The van der Waals surface area contributed by atoms with Gasteiger partial charge in [0.25, 0.3) is 0 Å². The summed E-state index contributed by atoms with van der Waals surface area (Å²) in [6.45, 7) is 4.68. The summed E-state index contributed by atoms with van der Waals surface area (Å²) in [6, 6.07) is 0.730. The fourth-order valence-corrected chi connectivity index (χ4v) is 1.69. The standard InChI is InChI=1S/C8H17N/c1-6-4-3-5-8(9)7(6)2/h6-8H,3-5,9H2,1-2H3/p+1/t6-,7-,8+/m1/s1. The van der Waals surface area contributed by atoms with E-state index in [1.54, 1.807) is 0 Å². The van der Waals surface area contributed by atoms with Crippen molar-refractivity contribution in [2.75, 3.05) is 0 Å². The zero-order chi connectivity index (χ0) is 6.85. The normalized spacial score (nSPS) is 45.0. The molecule has 0 unspecified atom stereocenters. The van der Waals surface area contributed by atoms with Crippen LogP contribution in [0.5, 0.6) is 0 Å². The van der Waals surface area contributed by atoms with E-state index in [0.29, 0.717) is 0 Å². The molecule has 9 heavy (non-hydrogen) atoms. The summed E-state index contributed by atoms with van der Waals surface area (Å²) in [4.78, 5) is 0. The van der Waals surface area contributed by atoms with Crippen LogP contribution in [-0.4, -0.2) is 6.04 Å². The van der Waals surface area contributed by atoms with Gasteiger partial charge in [-0.1, -0.05) is 13.8 Å².